The third kappa shape index (κ3) is 8.11. The lowest BCUT2D eigenvalue weighted by molar-refractivity contribution is 0.371. The molecule has 0 aromatic carbocycles. The summed E-state index contributed by atoms with van der Waals surface area (Å²) in [5.41, 5.74) is 0. The van der Waals surface area contributed by atoms with Gasteiger partial charge in [-0.1, -0.05) is 13.8 Å². The lowest BCUT2D eigenvalue weighted by Crippen LogP contribution is -2.25. The smallest absolute Gasteiger partial charge is 0.324 e. The lowest BCUT2D eigenvalue weighted by Gasteiger charge is -2.07. The van der Waals surface area contributed by atoms with Gasteiger partial charge in [0.25, 0.3) is 0 Å². The van der Waals surface area contributed by atoms with Gasteiger partial charge in [-0.15, -0.1) is 0 Å². The highest BCUT2D eigenvalue weighted by molar-refractivity contribution is 7.51. The summed E-state index contributed by atoms with van der Waals surface area (Å²) in [5, 5.41) is 2.91. The topological polar surface area (TPSA) is 69.6 Å². The molecule has 0 fully saturated rings. The van der Waals surface area contributed by atoms with Gasteiger partial charge in [-0.05, 0) is 0 Å². The van der Waals surface area contributed by atoms with Crippen molar-refractivity contribution in [3.05, 3.63) is 0 Å². The van der Waals surface area contributed by atoms with Crippen LogP contribution >= 0.6 is 7.60 Å². The Hall–Kier alpha value is 0.110. The quantitative estimate of drug-likeness (QED) is 0.522. The molecule has 0 rings (SSSR count). The predicted octanol–water partition coefficient (Wildman–Crippen LogP) is 0.162. The van der Waals surface area contributed by atoms with Crippen molar-refractivity contribution in [2.24, 2.45) is 0 Å². The van der Waals surface area contributed by atoms with E-state index in [0.717, 1.165) is 0 Å². The van der Waals surface area contributed by atoms with E-state index in [1.165, 1.54) is 0 Å². The van der Waals surface area contributed by atoms with Crippen molar-refractivity contribution in [3.8, 4) is 0 Å². The van der Waals surface area contributed by atoms with E-state index in [1.807, 2.05) is 13.8 Å². The summed E-state index contributed by atoms with van der Waals surface area (Å²) >= 11 is 0. The van der Waals surface area contributed by atoms with E-state index in [9.17, 15) is 4.57 Å². The van der Waals surface area contributed by atoms with Crippen molar-refractivity contribution in [3.63, 3.8) is 0 Å². The minimum absolute atomic E-state index is 0.0782. The van der Waals surface area contributed by atoms with Crippen LogP contribution in [0.1, 0.15) is 13.8 Å². The summed E-state index contributed by atoms with van der Waals surface area (Å²) in [7, 11) is -3.78. The summed E-state index contributed by atoms with van der Waals surface area (Å²) in [6.45, 7) is 4.24. The lowest BCUT2D eigenvalue weighted by atomic mass is 10.4. The maximum Gasteiger partial charge on any atom is 0.326 e. The van der Waals surface area contributed by atoms with Gasteiger partial charge in [0.2, 0.25) is 0 Å². The summed E-state index contributed by atoms with van der Waals surface area (Å²) < 4.78 is 10.3. The van der Waals surface area contributed by atoms with Gasteiger partial charge in [-0.3, -0.25) is 4.57 Å². The van der Waals surface area contributed by atoms with Crippen LogP contribution in [0.5, 0.6) is 0 Å². The van der Waals surface area contributed by atoms with Crippen LogP contribution in [-0.4, -0.2) is 28.5 Å². The first-order valence-corrected chi connectivity index (χ1v) is 4.99. The molecule has 0 aliphatic heterocycles. The van der Waals surface area contributed by atoms with E-state index in [-0.39, 0.29) is 12.2 Å². The molecule has 0 saturated heterocycles. The van der Waals surface area contributed by atoms with Gasteiger partial charge in [0.15, 0.2) is 0 Å². The van der Waals surface area contributed by atoms with E-state index in [2.05, 4.69) is 5.32 Å². The Morgan fingerprint density at radius 1 is 1.50 bits per heavy atom. The maximum atomic E-state index is 10.3. The monoisotopic (exact) mass is 167 g/mol. The first-order valence-electron chi connectivity index (χ1n) is 3.20. The van der Waals surface area contributed by atoms with E-state index in [4.69, 9.17) is 9.79 Å². The molecular weight excluding hydrogens is 153 g/mol. The van der Waals surface area contributed by atoms with Crippen LogP contribution in [0.2, 0.25) is 0 Å². The standard InChI is InChI=1S/C5H14NO3P/c1-5(2)6-3-4-10(7,8)9/h5-6H,3-4H2,1-2H3,(H2,7,8,9). The molecule has 0 unspecified atom stereocenters. The zero-order chi connectivity index (χ0) is 8.20. The predicted molar refractivity (Wildman–Crippen MR) is 40.0 cm³/mol. The summed E-state index contributed by atoms with van der Waals surface area (Å²) in [6, 6.07) is 0.284. The molecule has 0 atom stereocenters. The van der Waals surface area contributed by atoms with Gasteiger partial charge in [-0.2, -0.15) is 0 Å². The fourth-order valence-electron chi connectivity index (χ4n) is 0.499. The highest BCUT2D eigenvalue weighted by atomic mass is 31.2. The molecule has 0 aliphatic carbocycles. The van der Waals surface area contributed by atoms with Crippen molar-refractivity contribution < 1.29 is 14.4 Å². The second kappa shape index (κ2) is 4.09. The second-order valence-corrected chi connectivity index (χ2v) is 4.27. The van der Waals surface area contributed by atoms with Crippen LogP contribution in [0.15, 0.2) is 0 Å². The fourth-order valence-corrected chi connectivity index (χ4v) is 0.919. The van der Waals surface area contributed by atoms with Crippen LogP contribution in [-0.2, 0) is 4.57 Å². The summed E-state index contributed by atoms with van der Waals surface area (Å²) in [6.07, 6.45) is -0.0782. The zero-order valence-corrected chi connectivity index (χ0v) is 7.14. The molecular formula is C5H14NO3P. The number of nitrogens with one attached hydrogen (secondary N) is 1. The van der Waals surface area contributed by atoms with Gasteiger partial charge < -0.3 is 15.1 Å². The molecule has 0 radical (unpaired) electrons. The van der Waals surface area contributed by atoms with Crippen molar-refractivity contribution in [2.75, 3.05) is 12.7 Å². The largest absolute Gasteiger partial charge is 0.326 e. The summed E-state index contributed by atoms with van der Waals surface area (Å²) in [4.78, 5) is 16.8. The normalized spacial score (nSPS) is 12.5. The minimum atomic E-state index is -3.78. The van der Waals surface area contributed by atoms with Crippen LogP contribution in [0.4, 0.5) is 0 Å². The molecule has 0 aromatic rings. The van der Waals surface area contributed by atoms with Gasteiger partial charge in [0, 0.05) is 12.6 Å². The average molecular weight is 167 g/mol. The van der Waals surface area contributed by atoms with Crippen LogP contribution in [0.25, 0.3) is 0 Å². The number of rotatable bonds is 4. The number of hydrogen-bond acceptors (Lipinski definition) is 2. The van der Waals surface area contributed by atoms with Crippen molar-refractivity contribution in [1.29, 1.82) is 0 Å². The molecule has 0 aliphatic rings. The molecule has 0 aromatic heterocycles. The fraction of sp³-hybridized carbons (Fsp3) is 1.00. The Kier molecular flexibility index (Phi) is 4.13. The first-order chi connectivity index (χ1) is 4.42. The van der Waals surface area contributed by atoms with Gasteiger partial charge in [-0.25, -0.2) is 0 Å². The van der Waals surface area contributed by atoms with Crippen LogP contribution in [0.3, 0.4) is 0 Å². The van der Waals surface area contributed by atoms with E-state index in [0.29, 0.717) is 6.54 Å². The molecule has 10 heavy (non-hydrogen) atoms. The van der Waals surface area contributed by atoms with E-state index < -0.39 is 7.60 Å². The Labute approximate surface area is 60.8 Å². The maximum absolute atomic E-state index is 10.3. The Morgan fingerprint density at radius 2 is 2.00 bits per heavy atom. The van der Waals surface area contributed by atoms with Crippen molar-refractivity contribution in [2.45, 2.75) is 19.9 Å². The third-order valence-electron chi connectivity index (χ3n) is 0.956. The molecule has 62 valence electrons. The number of hydrogen-bond donors (Lipinski definition) is 3. The van der Waals surface area contributed by atoms with Gasteiger partial charge >= 0.3 is 7.60 Å². The second-order valence-electron chi connectivity index (χ2n) is 2.50. The molecule has 4 nitrogen and oxygen atoms in total. The highest BCUT2D eigenvalue weighted by Crippen LogP contribution is 2.32. The Balaban J connectivity index is 3.30. The van der Waals surface area contributed by atoms with Crippen LogP contribution < -0.4 is 5.32 Å². The Bertz CT molecular complexity index is 131. The van der Waals surface area contributed by atoms with Crippen LogP contribution in [0, 0.1) is 0 Å². The third-order valence-corrected chi connectivity index (χ3v) is 1.76. The molecule has 0 bridgehead atoms. The van der Waals surface area contributed by atoms with E-state index in [1.54, 1.807) is 0 Å². The molecule has 0 saturated carbocycles. The minimum Gasteiger partial charge on any atom is -0.324 e. The van der Waals surface area contributed by atoms with Gasteiger partial charge in [0.1, 0.15) is 0 Å². The van der Waals surface area contributed by atoms with Crippen molar-refractivity contribution >= 4 is 7.60 Å². The molecule has 0 amide bonds. The molecule has 3 N–H and O–H groups in total. The zero-order valence-electron chi connectivity index (χ0n) is 6.24. The average Bonchev–Trinajstić information content (AvgIpc) is 1.59. The molecule has 5 heteroatoms. The molecule has 0 heterocycles. The molecule has 0 spiro atoms. The Morgan fingerprint density at radius 3 is 2.30 bits per heavy atom. The summed E-state index contributed by atoms with van der Waals surface area (Å²) in [5.74, 6) is 0. The van der Waals surface area contributed by atoms with Gasteiger partial charge in [0.05, 0.1) is 6.16 Å². The SMILES string of the molecule is CC(C)NCCP(=O)(O)O. The van der Waals surface area contributed by atoms with Crippen molar-refractivity contribution in [1.82, 2.24) is 5.32 Å². The van der Waals surface area contributed by atoms with E-state index >= 15 is 0 Å². The first kappa shape index (κ1) is 10.1. The highest BCUT2D eigenvalue weighted by Gasteiger charge is 2.11.